The molecule has 1 aliphatic rings. The Hall–Kier alpha value is -3.16. The van der Waals surface area contributed by atoms with Crippen molar-refractivity contribution < 1.29 is 19.0 Å². The molecule has 1 amide bonds. The van der Waals surface area contributed by atoms with Gasteiger partial charge in [0.25, 0.3) is 5.91 Å². The van der Waals surface area contributed by atoms with E-state index in [1.54, 1.807) is 13.2 Å². The van der Waals surface area contributed by atoms with E-state index < -0.39 is 0 Å². The van der Waals surface area contributed by atoms with E-state index in [0.717, 1.165) is 60.7 Å². The van der Waals surface area contributed by atoms with Gasteiger partial charge >= 0.3 is 0 Å². The maximum atomic E-state index is 13.5. The molecule has 3 rings (SSSR count). The maximum Gasteiger partial charge on any atom is 0.251 e. The third-order valence-corrected chi connectivity index (χ3v) is 6.45. The van der Waals surface area contributed by atoms with Crippen LogP contribution in [-0.2, 0) is 29.0 Å². The lowest BCUT2D eigenvalue weighted by atomic mass is 9.97. The van der Waals surface area contributed by atoms with Crippen molar-refractivity contribution in [2.24, 2.45) is 0 Å². The number of nitrogens with zero attached hydrogens (tertiary/aromatic N) is 2. The number of amides is 1. The summed E-state index contributed by atoms with van der Waals surface area (Å²) in [5, 5.41) is 3.10. The van der Waals surface area contributed by atoms with E-state index in [2.05, 4.69) is 41.3 Å². The Morgan fingerprint density at radius 2 is 2.03 bits per heavy atom. The molecule has 1 aromatic heterocycles. The molecule has 7 heteroatoms. The number of carbonyl (C=O) groups is 1. The Bertz CT molecular complexity index is 1050. The van der Waals surface area contributed by atoms with Crippen molar-refractivity contribution in [2.75, 3.05) is 38.4 Å². The first-order valence-electron chi connectivity index (χ1n) is 12.6. The lowest BCUT2D eigenvalue weighted by Gasteiger charge is -2.37. The first kappa shape index (κ1) is 27.4. The summed E-state index contributed by atoms with van der Waals surface area (Å²) in [6.07, 6.45) is 6.13. The van der Waals surface area contributed by atoms with E-state index >= 15 is 0 Å². The zero-order valence-electron chi connectivity index (χ0n) is 21.8. The normalized spacial score (nSPS) is 13.8. The lowest BCUT2D eigenvalue weighted by molar-refractivity contribution is 0.0845. The molecular weight excluding hydrogens is 454 g/mol. The first-order chi connectivity index (χ1) is 17.5. The minimum Gasteiger partial charge on any atom is -0.481 e. The Kier molecular flexibility index (Phi) is 10.5. The Morgan fingerprint density at radius 3 is 2.69 bits per heavy atom. The highest BCUT2D eigenvalue weighted by atomic mass is 16.5. The molecule has 0 unspecified atom stereocenters. The molecule has 7 nitrogen and oxygen atoms in total. The number of benzene rings is 1. The van der Waals surface area contributed by atoms with Crippen LogP contribution in [0.3, 0.4) is 0 Å². The van der Waals surface area contributed by atoms with E-state index in [1.165, 1.54) is 0 Å². The van der Waals surface area contributed by atoms with E-state index in [-0.39, 0.29) is 12.5 Å². The molecular formula is C29H39N3O4. The summed E-state index contributed by atoms with van der Waals surface area (Å²) in [4.78, 5) is 20.4. The van der Waals surface area contributed by atoms with Crippen molar-refractivity contribution in [1.29, 1.82) is 0 Å². The number of carbonyl (C=O) groups excluding carboxylic acids is 1. The van der Waals surface area contributed by atoms with Gasteiger partial charge in [-0.25, -0.2) is 4.98 Å². The third kappa shape index (κ3) is 6.74. The summed E-state index contributed by atoms with van der Waals surface area (Å²) in [7, 11) is 1.59. The average molecular weight is 494 g/mol. The lowest BCUT2D eigenvalue weighted by Crippen LogP contribution is -2.40. The fourth-order valence-electron chi connectivity index (χ4n) is 4.78. The second-order valence-corrected chi connectivity index (χ2v) is 8.82. The number of anilines is 1. The van der Waals surface area contributed by atoms with Crippen molar-refractivity contribution in [3.8, 4) is 5.88 Å². The van der Waals surface area contributed by atoms with Crippen molar-refractivity contribution >= 4 is 11.6 Å². The predicted octanol–water partition coefficient (Wildman–Crippen LogP) is 4.77. The van der Waals surface area contributed by atoms with Crippen molar-refractivity contribution in [3.05, 3.63) is 77.5 Å². The van der Waals surface area contributed by atoms with Gasteiger partial charge in [0.05, 0.1) is 20.3 Å². The summed E-state index contributed by atoms with van der Waals surface area (Å²) < 4.78 is 16.8. The van der Waals surface area contributed by atoms with Crippen LogP contribution in [0.4, 0.5) is 5.69 Å². The second-order valence-electron chi connectivity index (χ2n) is 8.82. The number of ether oxygens (including phenoxy) is 3. The van der Waals surface area contributed by atoms with E-state index in [1.807, 2.05) is 31.2 Å². The van der Waals surface area contributed by atoms with Crippen LogP contribution in [-0.4, -0.2) is 50.4 Å². The Morgan fingerprint density at radius 1 is 1.25 bits per heavy atom. The number of nitrogens with one attached hydrogen (secondary N) is 1. The molecule has 0 radical (unpaired) electrons. The number of hydrogen-bond acceptors (Lipinski definition) is 6. The van der Waals surface area contributed by atoms with Crippen LogP contribution in [0.15, 0.2) is 49.6 Å². The molecule has 1 saturated heterocycles. The number of rotatable bonds is 13. The number of pyridine rings is 1. The van der Waals surface area contributed by atoms with Crippen molar-refractivity contribution in [1.82, 2.24) is 10.3 Å². The minimum absolute atomic E-state index is 0.141. The molecule has 0 saturated carbocycles. The second kappa shape index (κ2) is 13.8. The molecule has 0 atom stereocenters. The third-order valence-electron chi connectivity index (χ3n) is 6.45. The summed E-state index contributed by atoms with van der Waals surface area (Å²) in [6.45, 7) is 15.2. The highest BCUT2D eigenvalue weighted by molar-refractivity contribution is 5.97. The number of aryl methyl sites for hydroxylation is 1. The van der Waals surface area contributed by atoms with Gasteiger partial charge in [-0.2, -0.15) is 0 Å². The van der Waals surface area contributed by atoms with E-state index in [9.17, 15) is 4.79 Å². The molecule has 0 aliphatic carbocycles. The number of aromatic nitrogens is 1. The Balaban J connectivity index is 1.88. The molecule has 2 heterocycles. The van der Waals surface area contributed by atoms with Gasteiger partial charge < -0.3 is 24.4 Å². The van der Waals surface area contributed by atoms with Crippen LogP contribution in [0, 0.1) is 6.92 Å². The number of hydrogen-bond donors (Lipinski definition) is 1. The molecule has 2 aromatic rings. The van der Waals surface area contributed by atoms with Crippen LogP contribution in [0.5, 0.6) is 5.88 Å². The molecule has 1 fully saturated rings. The van der Waals surface area contributed by atoms with Crippen LogP contribution in [0.1, 0.15) is 52.5 Å². The fourth-order valence-corrected chi connectivity index (χ4v) is 4.78. The fraction of sp³-hybridized carbons (Fsp3) is 0.448. The van der Waals surface area contributed by atoms with Gasteiger partial charge in [-0.05, 0) is 62.4 Å². The largest absolute Gasteiger partial charge is 0.481 e. The number of methoxy groups -OCH3 is 1. The van der Waals surface area contributed by atoms with Gasteiger partial charge in [-0.15, -0.1) is 13.2 Å². The summed E-state index contributed by atoms with van der Waals surface area (Å²) in [6, 6.07) is 8.31. The summed E-state index contributed by atoms with van der Waals surface area (Å²) in [5.41, 5.74) is 5.29. The van der Waals surface area contributed by atoms with E-state index in [4.69, 9.17) is 14.2 Å². The summed E-state index contributed by atoms with van der Waals surface area (Å²) >= 11 is 0. The predicted molar refractivity (Wildman–Crippen MR) is 144 cm³/mol. The van der Waals surface area contributed by atoms with E-state index in [0.29, 0.717) is 37.1 Å². The highest BCUT2D eigenvalue weighted by Gasteiger charge is 2.25. The van der Waals surface area contributed by atoms with Crippen LogP contribution < -0.4 is 15.0 Å². The Labute approximate surface area is 215 Å². The zero-order valence-corrected chi connectivity index (χ0v) is 21.8. The van der Waals surface area contributed by atoms with Crippen molar-refractivity contribution in [3.63, 3.8) is 0 Å². The average Bonchev–Trinajstić information content (AvgIpc) is 2.89. The monoisotopic (exact) mass is 493 g/mol. The van der Waals surface area contributed by atoms with Gasteiger partial charge in [-0.1, -0.05) is 18.2 Å². The molecule has 194 valence electrons. The maximum absolute atomic E-state index is 13.5. The van der Waals surface area contributed by atoms with Gasteiger partial charge in [-0.3, -0.25) is 4.79 Å². The van der Waals surface area contributed by atoms with Gasteiger partial charge in [0.1, 0.15) is 0 Å². The quantitative estimate of drug-likeness (QED) is 0.320. The summed E-state index contributed by atoms with van der Waals surface area (Å²) in [5.74, 6) is 0.349. The van der Waals surface area contributed by atoms with Crippen LogP contribution >= 0.6 is 0 Å². The topological polar surface area (TPSA) is 72.9 Å². The smallest absolute Gasteiger partial charge is 0.251 e. The van der Waals surface area contributed by atoms with Gasteiger partial charge in [0.15, 0.2) is 0 Å². The van der Waals surface area contributed by atoms with Crippen LogP contribution in [0.25, 0.3) is 0 Å². The zero-order chi connectivity index (χ0) is 25.9. The van der Waals surface area contributed by atoms with Gasteiger partial charge in [0, 0.05) is 54.9 Å². The molecule has 1 aliphatic heterocycles. The van der Waals surface area contributed by atoms with Gasteiger partial charge in [0.2, 0.25) is 5.88 Å². The highest BCUT2D eigenvalue weighted by Crippen LogP contribution is 2.30. The molecule has 0 bridgehead atoms. The first-order valence-corrected chi connectivity index (χ1v) is 12.6. The number of allylic oxidation sites excluding steroid dienone is 1. The molecule has 36 heavy (non-hydrogen) atoms. The van der Waals surface area contributed by atoms with Crippen molar-refractivity contribution in [2.45, 2.75) is 52.3 Å². The van der Waals surface area contributed by atoms with Crippen LogP contribution in [0.2, 0.25) is 0 Å². The minimum atomic E-state index is -0.141. The standard InChI is InChI=1S/C29H39N3O4/c1-6-10-24-25(11-9-12-27(24)32(8-3)23-13-16-35-17-14-23)28(33)30-19-26-22(20-36-15-7-2)18-21(4)31-29(26)34-5/h6-7,9,11-12,18,23H,1-2,8,10,13-17,19-20H2,3-5H3,(H,30,33). The SMILES string of the molecule is C=CCOCc1cc(C)nc(OC)c1CNC(=O)c1cccc(N(CC)C2CCOCC2)c1CC=C. The molecule has 1 aromatic carbocycles. The molecule has 1 N–H and O–H groups in total. The molecule has 0 spiro atoms.